The molecule has 15 heavy (non-hydrogen) atoms. The number of rotatable bonds is 5. The van der Waals surface area contributed by atoms with Gasteiger partial charge in [0.2, 0.25) is 0 Å². The molecule has 1 N–H and O–H groups in total. The smallest absolute Gasteiger partial charge is 0.305 e. The Hall–Kier alpha value is -1.10. The molecule has 84 valence electrons. The van der Waals surface area contributed by atoms with Gasteiger partial charge in [-0.25, -0.2) is 4.98 Å². The largest absolute Gasteiger partial charge is 0.481 e. The first-order chi connectivity index (χ1) is 7.00. The van der Waals surface area contributed by atoms with E-state index in [9.17, 15) is 4.79 Å². The van der Waals surface area contributed by atoms with Crippen LogP contribution in [0.4, 0.5) is 5.13 Å². The van der Waals surface area contributed by atoms with Crippen molar-refractivity contribution in [1.29, 1.82) is 0 Å². The fourth-order valence-corrected chi connectivity index (χ4v) is 2.18. The van der Waals surface area contributed by atoms with Gasteiger partial charge in [-0.05, 0) is 20.8 Å². The number of carboxylic acids is 1. The van der Waals surface area contributed by atoms with Crippen LogP contribution in [0.1, 0.15) is 25.1 Å². The molecule has 0 saturated carbocycles. The molecule has 0 bridgehead atoms. The van der Waals surface area contributed by atoms with Gasteiger partial charge in [-0.1, -0.05) is 0 Å². The molecule has 0 atom stereocenters. The van der Waals surface area contributed by atoms with Crippen LogP contribution < -0.4 is 4.90 Å². The maximum absolute atomic E-state index is 10.5. The minimum atomic E-state index is -0.770. The number of nitrogens with zero attached hydrogens (tertiary/aromatic N) is 2. The fraction of sp³-hybridized carbons (Fsp3) is 0.600. The molecule has 0 aliphatic heterocycles. The van der Waals surface area contributed by atoms with Crippen LogP contribution in [0.3, 0.4) is 0 Å². The van der Waals surface area contributed by atoms with E-state index >= 15 is 0 Å². The van der Waals surface area contributed by atoms with Crippen molar-refractivity contribution >= 4 is 22.4 Å². The summed E-state index contributed by atoms with van der Waals surface area (Å²) < 4.78 is 0. The Morgan fingerprint density at radius 2 is 2.33 bits per heavy atom. The first-order valence-corrected chi connectivity index (χ1v) is 5.73. The quantitative estimate of drug-likeness (QED) is 0.839. The second-order valence-corrected chi connectivity index (χ2v) is 4.90. The molecule has 4 nitrogen and oxygen atoms in total. The van der Waals surface area contributed by atoms with Gasteiger partial charge in [0, 0.05) is 23.7 Å². The van der Waals surface area contributed by atoms with Gasteiger partial charge in [0.1, 0.15) is 0 Å². The van der Waals surface area contributed by atoms with Crippen LogP contribution in [0.5, 0.6) is 0 Å². The number of aryl methyl sites for hydroxylation is 1. The number of thiazole rings is 1. The third-order valence-corrected chi connectivity index (χ3v) is 2.99. The van der Waals surface area contributed by atoms with Crippen LogP contribution in [0.15, 0.2) is 6.20 Å². The number of hydrogen-bond acceptors (Lipinski definition) is 4. The first-order valence-electron chi connectivity index (χ1n) is 4.91. The lowest BCUT2D eigenvalue weighted by Gasteiger charge is -2.25. The summed E-state index contributed by atoms with van der Waals surface area (Å²) in [7, 11) is 0. The molecule has 1 aromatic heterocycles. The number of anilines is 1. The van der Waals surface area contributed by atoms with E-state index in [0.717, 1.165) is 10.0 Å². The average molecular weight is 228 g/mol. The van der Waals surface area contributed by atoms with Crippen molar-refractivity contribution < 1.29 is 9.90 Å². The zero-order chi connectivity index (χ0) is 11.4. The Morgan fingerprint density at radius 3 is 2.73 bits per heavy atom. The molecule has 0 fully saturated rings. The van der Waals surface area contributed by atoms with Crippen molar-refractivity contribution in [2.75, 3.05) is 11.4 Å². The second-order valence-electron chi connectivity index (χ2n) is 3.68. The van der Waals surface area contributed by atoms with Crippen molar-refractivity contribution in [3.63, 3.8) is 0 Å². The Balaban J connectivity index is 2.70. The van der Waals surface area contributed by atoms with Crippen molar-refractivity contribution in [1.82, 2.24) is 4.98 Å². The van der Waals surface area contributed by atoms with Gasteiger partial charge >= 0.3 is 5.97 Å². The second kappa shape index (κ2) is 5.11. The zero-order valence-electron chi connectivity index (χ0n) is 9.23. The minimum absolute atomic E-state index is 0.150. The highest BCUT2D eigenvalue weighted by molar-refractivity contribution is 7.15. The molecule has 0 aliphatic rings. The van der Waals surface area contributed by atoms with Crippen molar-refractivity contribution in [3.05, 3.63) is 11.1 Å². The molecule has 5 heteroatoms. The number of carbonyl (C=O) groups is 1. The summed E-state index contributed by atoms with van der Waals surface area (Å²) in [5, 5.41) is 9.56. The van der Waals surface area contributed by atoms with Crippen LogP contribution in [-0.4, -0.2) is 28.6 Å². The van der Waals surface area contributed by atoms with Crippen molar-refractivity contribution in [2.45, 2.75) is 33.2 Å². The maximum Gasteiger partial charge on any atom is 0.305 e. The van der Waals surface area contributed by atoms with E-state index < -0.39 is 5.97 Å². The van der Waals surface area contributed by atoms with Gasteiger partial charge in [0.15, 0.2) is 5.13 Å². The van der Waals surface area contributed by atoms with E-state index in [1.807, 2.05) is 31.9 Å². The van der Waals surface area contributed by atoms with E-state index in [4.69, 9.17) is 5.11 Å². The standard InChI is InChI=1S/C10H16N2O2S/c1-7(2)12(5-4-9(13)14)10-11-6-8(3)15-10/h6-7H,4-5H2,1-3H3,(H,13,14). The third kappa shape index (κ3) is 3.51. The van der Waals surface area contributed by atoms with Gasteiger partial charge in [-0.15, -0.1) is 11.3 Å². The maximum atomic E-state index is 10.5. The zero-order valence-corrected chi connectivity index (χ0v) is 10.0. The summed E-state index contributed by atoms with van der Waals surface area (Å²) in [6, 6.07) is 0.273. The fourth-order valence-electron chi connectivity index (χ4n) is 1.27. The molecule has 0 spiro atoms. The Bertz CT molecular complexity index is 336. The summed E-state index contributed by atoms with van der Waals surface area (Å²) >= 11 is 1.60. The van der Waals surface area contributed by atoms with E-state index in [1.54, 1.807) is 11.3 Å². The topological polar surface area (TPSA) is 53.4 Å². The Kier molecular flexibility index (Phi) is 4.08. The normalized spacial score (nSPS) is 10.7. The van der Waals surface area contributed by atoms with E-state index in [2.05, 4.69) is 4.98 Å². The van der Waals surface area contributed by atoms with Crippen LogP contribution >= 0.6 is 11.3 Å². The Labute approximate surface area is 93.6 Å². The summed E-state index contributed by atoms with van der Waals surface area (Å²) in [6.45, 7) is 6.59. The molecule has 0 aliphatic carbocycles. The van der Waals surface area contributed by atoms with Crippen molar-refractivity contribution in [3.8, 4) is 0 Å². The molecule has 0 radical (unpaired) electrons. The monoisotopic (exact) mass is 228 g/mol. The molecule has 0 unspecified atom stereocenters. The molecule has 0 saturated heterocycles. The highest BCUT2D eigenvalue weighted by Crippen LogP contribution is 2.23. The van der Waals surface area contributed by atoms with Gasteiger partial charge in [0.05, 0.1) is 6.42 Å². The SMILES string of the molecule is Cc1cnc(N(CCC(=O)O)C(C)C)s1. The highest BCUT2D eigenvalue weighted by atomic mass is 32.1. The van der Waals surface area contributed by atoms with Crippen molar-refractivity contribution in [2.24, 2.45) is 0 Å². The van der Waals surface area contributed by atoms with Gasteiger partial charge in [0.25, 0.3) is 0 Å². The molecule has 0 amide bonds. The van der Waals surface area contributed by atoms with Crippen LogP contribution in [0.25, 0.3) is 0 Å². The van der Waals surface area contributed by atoms with Gasteiger partial charge in [-0.3, -0.25) is 4.79 Å². The Morgan fingerprint density at radius 1 is 1.67 bits per heavy atom. The summed E-state index contributed by atoms with van der Waals surface area (Å²) in [5.41, 5.74) is 0. The highest BCUT2D eigenvalue weighted by Gasteiger charge is 2.14. The van der Waals surface area contributed by atoms with E-state index in [-0.39, 0.29) is 12.5 Å². The summed E-state index contributed by atoms with van der Waals surface area (Å²) in [5.74, 6) is -0.770. The summed E-state index contributed by atoms with van der Waals surface area (Å²) in [4.78, 5) is 18.0. The predicted octanol–water partition coefficient (Wildman–Crippen LogP) is 2.14. The average Bonchev–Trinajstić information content (AvgIpc) is 2.51. The third-order valence-electron chi connectivity index (χ3n) is 2.04. The molecule has 1 heterocycles. The van der Waals surface area contributed by atoms with Gasteiger partial charge < -0.3 is 10.0 Å². The molecule has 1 aromatic rings. The van der Waals surface area contributed by atoms with E-state index in [1.165, 1.54) is 0 Å². The molecular formula is C10H16N2O2S. The molecule has 0 aromatic carbocycles. The van der Waals surface area contributed by atoms with E-state index in [0.29, 0.717) is 6.54 Å². The molecule has 1 rings (SSSR count). The number of carboxylic acid groups (broad SMARTS) is 1. The van der Waals surface area contributed by atoms with Crippen LogP contribution in [0.2, 0.25) is 0 Å². The number of aliphatic carboxylic acids is 1. The lowest BCUT2D eigenvalue weighted by atomic mass is 10.3. The molecular weight excluding hydrogens is 212 g/mol. The lowest BCUT2D eigenvalue weighted by molar-refractivity contribution is -0.136. The van der Waals surface area contributed by atoms with Crippen LogP contribution in [0, 0.1) is 6.92 Å². The number of hydrogen-bond donors (Lipinski definition) is 1. The predicted molar refractivity (Wildman–Crippen MR) is 61.6 cm³/mol. The summed E-state index contributed by atoms with van der Waals surface area (Å²) in [6.07, 6.45) is 1.97. The minimum Gasteiger partial charge on any atom is -0.481 e. The van der Waals surface area contributed by atoms with Gasteiger partial charge in [-0.2, -0.15) is 0 Å². The lowest BCUT2D eigenvalue weighted by Crippen LogP contribution is -2.32. The number of aromatic nitrogens is 1. The van der Waals surface area contributed by atoms with Crippen LogP contribution in [-0.2, 0) is 4.79 Å². The first kappa shape index (κ1) is 12.0.